The molecule has 5 rings (SSSR count). The van der Waals surface area contributed by atoms with Crippen LogP contribution in [-0.2, 0) is 9.59 Å². The average Bonchev–Trinajstić information content (AvgIpc) is 3.41. The summed E-state index contributed by atoms with van der Waals surface area (Å²) in [5.41, 5.74) is 3.41. The van der Waals surface area contributed by atoms with Gasteiger partial charge in [0.15, 0.2) is 0 Å². The summed E-state index contributed by atoms with van der Waals surface area (Å²) in [4.78, 5) is 26.4. The molecule has 0 bridgehead atoms. The maximum atomic E-state index is 13.2. The van der Waals surface area contributed by atoms with Crippen molar-refractivity contribution in [1.29, 1.82) is 0 Å². The first-order valence-corrected chi connectivity index (χ1v) is 11.9. The lowest BCUT2D eigenvalue weighted by atomic mass is 9.89. The first-order chi connectivity index (χ1) is 18.4. The lowest BCUT2D eigenvalue weighted by molar-refractivity contribution is -0.119. The summed E-state index contributed by atoms with van der Waals surface area (Å²) in [5, 5.41) is 38.0. The Hall–Kier alpha value is -5.12. The van der Waals surface area contributed by atoms with Gasteiger partial charge in [-0.1, -0.05) is 71.0 Å². The van der Waals surface area contributed by atoms with Crippen molar-refractivity contribution < 1.29 is 20.0 Å². The molecular formula is C28H24N6O4. The number of hydrazone groups is 2. The van der Waals surface area contributed by atoms with E-state index in [1.807, 2.05) is 12.1 Å². The first kappa shape index (κ1) is 24.6. The Kier molecular flexibility index (Phi) is 6.53. The monoisotopic (exact) mass is 508 g/mol. The Bertz CT molecular complexity index is 1380. The fourth-order valence-electron chi connectivity index (χ4n) is 4.65. The SMILES string of the molecule is CC1=NN(c2ccccc2)C(=O)[C@@H]1/C(=N\O)c1ccc(/C(=N/O)[C@H]2C(=O)N(c3ccccc3)N=C2C)cc1. The zero-order chi connectivity index (χ0) is 26.8. The summed E-state index contributed by atoms with van der Waals surface area (Å²) in [6.07, 6.45) is 0. The number of anilines is 2. The van der Waals surface area contributed by atoms with Gasteiger partial charge in [-0.05, 0) is 38.1 Å². The molecule has 38 heavy (non-hydrogen) atoms. The van der Waals surface area contributed by atoms with Gasteiger partial charge in [0, 0.05) is 11.1 Å². The number of oxime groups is 2. The molecule has 0 spiro atoms. The largest absolute Gasteiger partial charge is 0.411 e. The van der Waals surface area contributed by atoms with Gasteiger partial charge in [0.05, 0.1) is 22.8 Å². The highest BCUT2D eigenvalue weighted by atomic mass is 16.4. The van der Waals surface area contributed by atoms with E-state index in [-0.39, 0.29) is 23.2 Å². The van der Waals surface area contributed by atoms with Gasteiger partial charge < -0.3 is 10.4 Å². The van der Waals surface area contributed by atoms with Crippen LogP contribution in [-0.4, -0.2) is 45.1 Å². The van der Waals surface area contributed by atoms with E-state index in [0.29, 0.717) is 33.9 Å². The topological polar surface area (TPSA) is 131 Å². The van der Waals surface area contributed by atoms with Crippen LogP contribution in [0.4, 0.5) is 11.4 Å². The van der Waals surface area contributed by atoms with E-state index in [4.69, 9.17) is 0 Å². The van der Waals surface area contributed by atoms with Gasteiger partial charge in [-0.2, -0.15) is 20.2 Å². The summed E-state index contributed by atoms with van der Waals surface area (Å²) < 4.78 is 0. The fourth-order valence-corrected chi connectivity index (χ4v) is 4.65. The van der Waals surface area contributed by atoms with Crippen molar-refractivity contribution in [3.63, 3.8) is 0 Å². The normalized spacial score (nSPS) is 20.2. The molecule has 10 heteroatoms. The van der Waals surface area contributed by atoms with Gasteiger partial charge >= 0.3 is 0 Å². The highest BCUT2D eigenvalue weighted by Crippen LogP contribution is 2.29. The van der Waals surface area contributed by atoms with Crippen LogP contribution in [0.5, 0.6) is 0 Å². The second-order valence-electron chi connectivity index (χ2n) is 8.87. The molecule has 0 aliphatic carbocycles. The molecule has 2 N–H and O–H groups in total. The van der Waals surface area contributed by atoms with Gasteiger partial charge in [-0.3, -0.25) is 9.59 Å². The molecule has 2 heterocycles. The number of hydrogen-bond donors (Lipinski definition) is 2. The van der Waals surface area contributed by atoms with E-state index < -0.39 is 11.8 Å². The Morgan fingerprint density at radius 3 is 1.29 bits per heavy atom. The molecular weight excluding hydrogens is 484 g/mol. The lowest BCUT2D eigenvalue weighted by Gasteiger charge is -2.17. The first-order valence-electron chi connectivity index (χ1n) is 11.9. The Balaban J connectivity index is 1.39. The van der Waals surface area contributed by atoms with Crippen molar-refractivity contribution in [3.8, 4) is 0 Å². The van der Waals surface area contributed by atoms with E-state index in [0.717, 1.165) is 0 Å². The van der Waals surface area contributed by atoms with Crippen molar-refractivity contribution in [2.75, 3.05) is 10.0 Å². The van der Waals surface area contributed by atoms with Crippen molar-refractivity contribution >= 4 is 46.0 Å². The summed E-state index contributed by atoms with van der Waals surface area (Å²) >= 11 is 0. The number of carbonyl (C=O) groups is 2. The van der Waals surface area contributed by atoms with Crippen LogP contribution in [0.15, 0.2) is 105 Å². The second kappa shape index (κ2) is 10.1. The van der Waals surface area contributed by atoms with Crippen molar-refractivity contribution in [3.05, 3.63) is 96.1 Å². The quantitative estimate of drug-likeness (QED) is 0.295. The van der Waals surface area contributed by atoms with Crippen molar-refractivity contribution in [2.45, 2.75) is 13.8 Å². The average molecular weight is 509 g/mol. The number of hydrogen-bond acceptors (Lipinski definition) is 8. The number of rotatable bonds is 6. The molecule has 190 valence electrons. The standard InChI is InChI=1S/C28H24N6O4/c1-17-23(27(35)33(29-17)21-9-5-3-6-10-21)25(31-37)19-13-15-20(16-14-19)26(32-38)24-18(2)30-34(28(24)36)22-11-7-4-8-12-22/h3-16,23-24,37-38H,1-2H3/b31-25-,32-26-/t23-,24-/m0/s1. The van der Waals surface area contributed by atoms with Gasteiger partial charge in [0.2, 0.25) is 0 Å². The molecule has 0 saturated heterocycles. The van der Waals surface area contributed by atoms with Gasteiger partial charge in [-0.15, -0.1) is 0 Å². The minimum atomic E-state index is -0.873. The third-order valence-electron chi connectivity index (χ3n) is 6.50. The molecule has 0 fully saturated rings. The number of nitrogens with zero attached hydrogens (tertiary/aromatic N) is 6. The Labute approximate surface area is 218 Å². The van der Waals surface area contributed by atoms with E-state index in [1.54, 1.807) is 86.6 Å². The molecule has 0 saturated carbocycles. The van der Waals surface area contributed by atoms with Crippen LogP contribution in [0.25, 0.3) is 0 Å². The summed E-state index contributed by atoms with van der Waals surface area (Å²) in [6, 6.07) is 24.6. The van der Waals surface area contributed by atoms with Crippen LogP contribution in [0.3, 0.4) is 0 Å². The second-order valence-corrected chi connectivity index (χ2v) is 8.87. The van der Waals surface area contributed by atoms with Crippen LogP contribution < -0.4 is 10.0 Å². The third kappa shape index (κ3) is 4.21. The minimum Gasteiger partial charge on any atom is -0.411 e. The zero-order valence-electron chi connectivity index (χ0n) is 20.6. The van der Waals surface area contributed by atoms with Crippen LogP contribution in [0, 0.1) is 11.8 Å². The molecule has 0 unspecified atom stereocenters. The summed E-state index contributed by atoms with van der Waals surface area (Å²) in [6.45, 7) is 3.40. The maximum Gasteiger partial charge on any atom is 0.262 e. The number of amides is 2. The van der Waals surface area contributed by atoms with Crippen LogP contribution in [0.1, 0.15) is 25.0 Å². The maximum absolute atomic E-state index is 13.2. The molecule has 10 nitrogen and oxygen atoms in total. The molecule has 3 aromatic carbocycles. The lowest BCUT2D eigenvalue weighted by Crippen LogP contribution is -2.34. The van der Waals surface area contributed by atoms with E-state index in [1.165, 1.54) is 10.0 Å². The van der Waals surface area contributed by atoms with Gasteiger partial charge in [0.1, 0.15) is 23.3 Å². The van der Waals surface area contributed by atoms with E-state index in [9.17, 15) is 20.0 Å². The predicted molar refractivity (Wildman–Crippen MR) is 144 cm³/mol. The molecule has 2 atom stereocenters. The molecule has 2 aliphatic heterocycles. The predicted octanol–water partition coefficient (Wildman–Crippen LogP) is 4.12. The zero-order valence-corrected chi connectivity index (χ0v) is 20.6. The molecule has 0 radical (unpaired) electrons. The number of para-hydroxylation sites is 2. The summed E-state index contributed by atoms with van der Waals surface area (Å²) in [5.74, 6) is -2.43. The fraction of sp³-hybridized carbons (Fsp3) is 0.143. The molecule has 2 aliphatic rings. The Morgan fingerprint density at radius 2 is 0.974 bits per heavy atom. The number of benzene rings is 3. The van der Waals surface area contributed by atoms with E-state index in [2.05, 4.69) is 20.5 Å². The Morgan fingerprint density at radius 1 is 0.632 bits per heavy atom. The molecule has 0 aromatic heterocycles. The highest BCUT2D eigenvalue weighted by molar-refractivity contribution is 6.33. The minimum absolute atomic E-state index is 0.133. The van der Waals surface area contributed by atoms with E-state index >= 15 is 0 Å². The van der Waals surface area contributed by atoms with Crippen LogP contribution >= 0.6 is 0 Å². The molecule has 2 amide bonds. The third-order valence-corrected chi connectivity index (χ3v) is 6.50. The van der Waals surface area contributed by atoms with Gasteiger partial charge in [-0.25, -0.2) is 0 Å². The van der Waals surface area contributed by atoms with Gasteiger partial charge in [0.25, 0.3) is 11.8 Å². The highest BCUT2D eigenvalue weighted by Gasteiger charge is 2.40. The number of carbonyl (C=O) groups excluding carboxylic acids is 2. The summed E-state index contributed by atoms with van der Waals surface area (Å²) in [7, 11) is 0. The molecule has 3 aromatic rings. The smallest absolute Gasteiger partial charge is 0.262 e. The van der Waals surface area contributed by atoms with Crippen molar-refractivity contribution in [1.82, 2.24) is 0 Å². The van der Waals surface area contributed by atoms with Crippen molar-refractivity contribution in [2.24, 2.45) is 32.4 Å². The van der Waals surface area contributed by atoms with Crippen LogP contribution in [0.2, 0.25) is 0 Å².